The Morgan fingerprint density at radius 1 is 0.731 bits per heavy atom. The summed E-state index contributed by atoms with van der Waals surface area (Å²) in [6.45, 7) is 0. The lowest BCUT2D eigenvalue weighted by Crippen LogP contribution is -2.34. The predicted molar refractivity (Wildman–Crippen MR) is 191 cm³/mol. The smallest absolute Gasteiger partial charge is 0.384 e. The molecule has 4 N–H and O–H groups in total. The van der Waals surface area contributed by atoms with Crippen molar-refractivity contribution < 1.29 is 35.9 Å². The lowest BCUT2D eigenvalue weighted by molar-refractivity contribution is -0.142. The summed E-state index contributed by atoms with van der Waals surface area (Å²) in [5.74, 6) is -0.281. The highest BCUT2D eigenvalue weighted by Gasteiger charge is 2.37. The molecule has 2 aliphatic carbocycles. The minimum absolute atomic E-state index is 0.0427. The van der Waals surface area contributed by atoms with Crippen LogP contribution in [-0.2, 0) is 12.4 Å². The number of nitrogens with two attached hydrogens (primary N) is 1. The summed E-state index contributed by atoms with van der Waals surface area (Å²) in [4.78, 5) is 22.7. The van der Waals surface area contributed by atoms with Gasteiger partial charge in [-0.2, -0.15) is 36.5 Å². The minimum Gasteiger partial charge on any atom is -0.384 e. The number of carbonyl (C=O) groups excluding carboxylic acids is 2. The number of amides is 1. The van der Waals surface area contributed by atoms with E-state index >= 15 is 0 Å². The van der Waals surface area contributed by atoms with E-state index in [1.807, 2.05) is 0 Å². The van der Waals surface area contributed by atoms with Crippen molar-refractivity contribution in [3.05, 3.63) is 93.2 Å². The molecule has 0 spiro atoms. The number of thiocarbonyl (C=S) groups is 1. The first kappa shape index (κ1) is 40.9. The quantitative estimate of drug-likeness (QED) is 0.104. The molecule has 0 aliphatic heterocycles. The number of nitrogen functional groups attached to an aromatic ring is 1. The Bertz CT molecular complexity index is 1840. The van der Waals surface area contributed by atoms with Crippen molar-refractivity contribution >= 4 is 74.9 Å². The molecule has 2 aromatic carbocycles. The van der Waals surface area contributed by atoms with Crippen molar-refractivity contribution in [2.24, 2.45) is 0 Å². The molecule has 2 saturated carbocycles. The zero-order chi connectivity index (χ0) is 38.2. The number of rotatable bonds is 5. The molecular formula is C33H32Cl3F6N7O2S. The maximum atomic E-state index is 13.1. The van der Waals surface area contributed by atoms with Gasteiger partial charge in [0.25, 0.3) is 11.1 Å². The zero-order valence-electron chi connectivity index (χ0n) is 27.1. The lowest BCUT2D eigenvalue weighted by atomic mass is 10.2. The van der Waals surface area contributed by atoms with E-state index in [1.54, 1.807) is 36.4 Å². The van der Waals surface area contributed by atoms with Crippen LogP contribution in [0.2, 0.25) is 10.0 Å². The first-order valence-electron chi connectivity index (χ1n) is 15.8. The van der Waals surface area contributed by atoms with E-state index in [0.717, 1.165) is 63.5 Å². The van der Waals surface area contributed by atoms with Gasteiger partial charge in [-0.05, 0) is 98.0 Å². The molecule has 2 fully saturated rings. The molecule has 280 valence electrons. The summed E-state index contributed by atoms with van der Waals surface area (Å²) in [7, 11) is 0. The van der Waals surface area contributed by atoms with E-state index in [4.69, 9.17) is 52.8 Å². The van der Waals surface area contributed by atoms with Crippen molar-refractivity contribution in [2.75, 3.05) is 11.1 Å². The van der Waals surface area contributed by atoms with Crippen LogP contribution in [0.25, 0.3) is 0 Å². The van der Waals surface area contributed by atoms with Gasteiger partial charge in [0, 0.05) is 33.3 Å². The molecule has 19 heteroatoms. The Kier molecular flexibility index (Phi) is 14.0. The third-order valence-electron chi connectivity index (χ3n) is 8.07. The molecule has 1 amide bonds. The number of halogens is 9. The van der Waals surface area contributed by atoms with Gasteiger partial charge in [0.1, 0.15) is 11.6 Å². The standard InChI is InChI=1S/C17H16ClF3N4OS.C9H12F3N3.C7H4Cl2O/c18-11-7-5-10(6-8-11)15(26)23-16(27)22-14-9-13(17(19,20)21)24-25(14)12-3-1-2-4-12;10-9(11,12)7-5-8(13)15(14-7)6-3-1-2-4-6;8-6-3-1-5(2-4-6)7(9)10/h5-9,12H,1-4H2,(H2,22,23,26,27);5-6H,1-4,13H2;1-4H. The highest BCUT2D eigenvalue weighted by atomic mass is 35.5. The van der Waals surface area contributed by atoms with Gasteiger partial charge in [0.2, 0.25) is 0 Å². The van der Waals surface area contributed by atoms with E-state index in [-0.39, 0.29) is 28.8 Å². The van der Waals surface area contributed by atoms with Crippen LogP contribution in [0.3, 0.4) is 0 Å². The van der Waals surface area contributed by atoms with Crippen LogP contribution in [0.4, 0.5) is 38.0 Å². The lowest BCUT2D eigenvalue weighted by Gasteiger charge is -2.16. The molecule has 0 unspecified atom stereocenters. The van der Waals surface area contributed by atoms with E-state index in [9.17, 15) is 35.9 Å². The van der Waals surface area contributed by atoms with E-state index < -0.39 is 34.9 Å². The average Bonchev–Trinajstić information content (AvgIpc) is 3.89. The van der Waals surface area contributed by atoms with Gasteiger partial charge in [0.15, 0.2) is 16.5 Å². The number of aromatic nitrogens is 4. The van der Waals surface area contributed by atoms with Gasteiger partial charge < -0.3 is 11.1 Å². The Hall–Kier alpha value is -3.86. The van der Waals surface area contributed by atoms with E-state index in [2.05, 4.69) is 20.8 Å². The van der Waals surface area contributed by atoms with Crippen molar-refractivity contribution in [2.45, 2.75) is 75.8 Å². The fourth-order valence-electron chi connectivity index (χ4n) is 5.55. The minimum atomic E-state index is -4.56. The Morgan fingerprint density at radius 3 is 1.60 bits per heavy atom. The third kappa shape index (κ3) is 11.6. The molecule has 9 nitrogen and oxygen atoms in total. The van der Waals surface area contributed by atoms with Crippen LogP contribution in [0.1, 0.15) is 95.6 Å². The van der Waals surface area contributed by atoms with Crippen LogP contribution < -0.4 is 16.4 Å². The summed E-state index contributed by atoms with van der Waals surface area (Å²) in [5.41, 5.74) is 4.41. The van der Waals surface area contributed by atoms with Crippen LogP contribution in [0.5, 0.6) is 0 Å². The number of alkyl halides is 6. The number of nitrogens with one attached hydrogen (secondary N) is 2. The maximum Gasteiger partial charge on any atom is 0.435 e. The zero-order valence-corrected chi connectivity index (χ0v) is 30.2. The van der Waals surface area contributed by atoms with E-state index in [1.165, 1.54) is 21.5 Å². The van der Waals surface area contributed by atoms with Crippen molar-refractivity contribution in [3.63, 3.8) is 0 Å². The third-order valence-corrected chi connectivity index (χ3v) is 8.99. The van der Waals surface area contributed by atoms with Crippen molar-refractivity contribution in [3.8, 4) is 0 Å². The molecule has 0 saturated heterocycles. The van der Waals surface area contributed by atoms with Gasteiger partial charge in [-0.3, -0.25) is 14.9 Å². The molecule has 2 heterocycles. The predicted octanol–water partition coefficient (Wildman–Crippen LogP) is 10.1. The second-order valence-electron chi connectivity index (χ2n) is 11.8. The average molecular weight is 811 g/mol. The van der Waals surface area contributed by atoms with Crippen molar-refractivity contribution in [1.29, 1.82) is 0 Å². The van der Waals surface area contributed by atoms with Gasteiger partial charge in [-0.25, -0.2) is 9.36 Å². The Balaban J connectivity index is 0.000000201. The maximum absolute atomic E-state index is 13.1. The molecule has 2 aromatic heterocycles. The van der Waals surface area contributed by atoms with Gasteiger partial charge in [-0.15, -0.1) is 0 Å². The monoisotopic (exact) mass is 809 g/mol. The number of hydrogen-bond donors (Lipinski definition) is 3. The topological polar surface area (TPSA) is 120 Å². The number of benzene rings is 2. The summed E-state index contributed by atoms with van der Waals surface area (Å²) < 4.78 is 78.8. The molecule has 0 atom stereocenters. The fraction of sp³-hybridized carbons (Fsp3) is 0.364. The summed E-state index contributed by atoms with van der Waals surface area (Å²) in [6.07, 6.45) is -1.81. The van der Waals surface area contributed by atoms with Crippen LogP contribution >= 0.6 is 47.0 Å². The Morgan fingerprint density at radius 2 is 1.15 bits per heavy atom. The van der Waals surface area contributed by atoms with Crippen LogP contribution in [0, 0.1) is 0 Å². The summed E-state index contributed by atoms with van der Waals surface area (Å²) >= 11 is 21.6. The van der Waals surface area contributed by atoms with Crippen molar-refractivity contribution in [1.82, 2.24) is 24.9 Å². The SMILES string of the molecule is Nc1cc(C(F)(F)F)nn1C1CCCC1.O=C(Cl)c1ccc(Cl)cc1.O=C(NC(=S)Nc1cc(C(F)(F)F)nn1C1CCCC1)c1ccc(Cl)cc1. The number of hydrogen-bond acceptors (Lipinski definition) is 6. The van der Waals surface area contributed by atoms with Crippen LogP contribution in [0.15, 0.2) is 60.7 Å². The second kappa shape index (κ2) is 17.8. The van der Waals surface area contributed by atoms with Crippen LogP contribution in [-0.4, -0.2) is 35.8 Å². The Labute approximate surface area is 314 Å². The molecular weight excluding hydrogens is 779 g/mol. The highest BCUT2D eigenvalue weighted by Crippen LogP contribution is 2.37. The molecule has 0 radical (unpaired) electrons. The molecule has 52 heavy (non-hydrogen) atoms. The van der Waals surface area contributed by atoms with E-state index in [0.29, 0.717) is 21.2 Å². The van der Waals surface area contributed by atoms with Gasteiger partial charge in [-0.1, -0.05) is 48.9 Å². The normalized spacial score (nSPS) is 14.9. The largest absolute Gasteiger partial charge is 0.435 e. The first-order valence-corrected chi connectivity index (χ1v) is 17.4. The summed E-state index contributed by atoms with van der Waals surface area (Å²) in [5, 5.41) is 12.9. The molecule has 4 aromatic rings. The molecule has 0 bridgehead atoms. The highest BCUT2D eigenvalue weighted by molar-refractivity contribution is 7.80. The molecule has 6 rings (SSSR count). The number of carbonyl (C=O) groups is 2. The first-order chi connectivity index (χ1) is 24.4. The van der Waals surface area contributed by atoms with Gasteiger partial charge >= 0.3 is 12.4 Å². The number of nitrogens with zero attached hydrogens (tertiary/aromatic N) is 4. The number of anilines is 2. The fourth-order valence-corrected chi connectivity index (χ4v) is 6.12. The summed E-state index contributed by atoms with van der Waals surface area (Å²) in [6, 6.07) is 14.3. The molecule has 2 aliphatic rings. The second-order valence-corrected chi connectivity index (χ2v) is 13.5. The van der Waals surface area contributed by atoms with Gasteiger partial charge in [0.05, 0.1) is 12.1 Å².